The van der Waals surface area contributed by atoms with Crippen molar-refractivity contribution in [1.29, 1.82) is 0 Å². The summed E-state index contributed by atoms with van der Waals surface area (Å²) in [4.78, 5) is 0. The predicted molar refractivity (Wildman–Crippen MR) is 48.5 cm³/mol. The van der Waals surface area contributed by atoms with Crippen LogP contribution in [0.3, 0.4) is 0 Å². The molecule has 0 spiro atoms. The van der Waals surface area contributed by atoms with Gasteiger partial charge in [0.05, 0.1) is 0 Å². The molecule has 0 aliphatic heterocycles. The maximum Gasteiger partial charge on any atom is 0.123 e. The van der Waals surface area contributed by atoms with Crippen molar-refractivity contribution in [2.24, 2.45) is 0 Å². The molecular formula is C7H10BrNS. The van der Waals surface area contributed by atoms with E-state index in [2.05, 4.69) is 46.5 Å². The zero-order valence-electron chi connectivity index (χ0n) is 6.31. The van der Waals surface area contributed by atoms with Crippen molar-refractivity contribution in [3.8, 4) is 0 Å². The molecular weight excluding hydrogens is 210 g/mol. The van der Waals surface area contributed by atoms with E-state index in [4.69, 9.17) is 0 Å². The van der Waals surface area contributed by atoms with Crippen molar-refractivity contribution in [3.63, 3.8) is 0 Å². The van der Waals surface area contributed by atoms with E-state index in [1.54, 1.807) is 0 Å². The molecule has 1 aromatic rings. The largest absolute Gasteiger partial charge is 0.185 e. The highest BCUT2D eigenvalue weighted by Gasteiger charge is 2.18. The van der Waals surface area contributed by atoms with Crippen LogP contribution in [0.2, 0.25) is 0 Å². The lowest BCUT2D eigenvalue weighted by Crippen LogP contribution is -2.10. The summed E-state index contributed by atoms with van der Waals surface area (Å²) >= 11 is 4.90. The standard InChI is InChI=1S/C7H10BrNS/c1-7(2,3)5-4-10-9-6(5)8/h4H,1-3H3. The van der Waals surface area contributed by atoms with E-state index in [0.717, 1.165) is 4.60 Å². The molecule has 3 heteroatoms. The van der Waals surface area contributed by atoms with Gasteiger partial charge in [-0.3, -0.25) is 0 Å². The Morgan fingerprint density at radius 2 is 2.10 bits per heavy atom. The summed E-state index contributed by atoms with van der Waals surface area (Å²) in [6.45, 7) is 6.55. The lowest BCUT2D eigenvalue weighted by molar-refractivity contribution is 0.588. The van der Waals surface area contributed by atoms with Gasteiger partial charge in [-0.25, -0.2) is 0 Å². The summed E-state index contributed by atoms with van der Waals surface area (Å²) in [7, 11) is 0. The van der Waals surface area contributed by atoms with Gasteiger partial charge in [-0.15, -0.1) is 0 Å². The van der Waals surface area contributed by atoms with Gasteiger partial charge in [0.1, 0.15) is 4.60 Å². The normalized spacial score (nSPS) is 12.0. The highest BCUT2D eigenvalue weighted by molar-refractivity contribution is 9.10. The van der Waals surface area contributed by atoms with E-state index in [0.29, 0.717) is 0 Å². The Kier molecular flexibility index (Phi) is 2.15. The van der Waals surface area contributed by atoms with E-state index in [9.17, 15) is 0 Å². The number of hydrogen-bond donors (Lipinski definition) is 0. The molecule has 0 saturated heterocycles. The first-order valence-corrected chi connectivity index (χ1v) is 4.75. The summed E-state index contributed by atoms with van der Waals surface area (Å²) in [5.74, 6) is 0. The van der Waals surface area contributed by atoms with E-state index < -0.39 is 0 Å². The van der Waals surface area contributed by atoms with Crippen molar-refractivity contribution < 1.29 is 0 Å². The summed E-state index contributed by atoms with van der Waals surface area (Å²) in [5.41, 5.74) is 1.50. The van der Waals surface area contributed by atoms with E-state index >= 15 is 0 Å². The molecule has 0 saturated carbocycles. The Balaban J connectivity index is 3.05. The van der Waals surface area contributed by atoms with Gasteiger partial charge in [-0.2, -0.15) is 4.37 Å². The highest BCUT2D eigenvalue weighted by atomic mass is 79.9. The smallest absolute Gasteiger partial charge is 0.123 e. The van der Waals surface area contributed by atoms with Crippen LogP contribution in [0.15, 0.2) is 9.98 Å². The molecule has 0 aromatic carbocycles. The summed E-state index contributed by atoms with van der Waals surface area (Å²) in [6.07, 6.45) is 0. The topological polar surface area (TPSA) is 12.9 Å². The Labute approximate surface area is 73.8 Å². The summed E-state index contributed by atoms with van der Waals surface area (Å²) < 4.78 is 5.13. The Morgan fingerprint density at radius 1 is 1.50 bits per heavy atom. The molecule has 10 heavy (non-hydrogen) atoms. The SMILES string of the molecule is CC(C)(C)c1csnc1Br. The minimum atomic E-state index is 0.214. The van der Waals surface area contributed by atoms with Crippen LogP contribution in [0.4, 0.5) is 0 Å². The molecule has 0 aliphatic carbocycles. The van der Waals surface area contributed by atoms with Crippen molar-refractivity contribution >= 4 is 27.5 Å². The van der Waals surface area contributed by atoms with Gasteiger partial charge in [-0.05, 0) is 32.9 Å². The fourth-order valence-corrected chi connectivity index (χ4v) is 2.64. The van der Waals surface area contributed by atoms with Crippen LogP contribution in [0.5, 0.6) is 0 Å². The quantitative estimate of drug-likeness (QED) is 0.654. The predicted octanol–water partition coefficient (Wildman–Crippen LogP) is 3.20. The van der Waals surface area contributed by atoms with Crippen molar-refractivity contribution in [2.75, 3.05) is 0 Å². The van der Waals surface area contributed by atoms with Crippen LogP contribution in [-0.2, 0) is 5.41 Å². The highest BCUT2D eigenvalue weighted by Crippen LogP contribution is 2.29. The number of halogens is 1. The average molecular weight is 220 g/mol. The number of nitrogens with zero attached hydrogens (tertiary/aromatic N) is 1. The molecule has 0 aliphatic rings. The van der Waals surface area contributed by atoms with Crippen LogP contribution in [0.25, 0.3) is 0 Å². The second-order valence-corrected chi connectivity index (χ2v) is 4.65. The van der Waals surface area contributed by atoms with Crippen LogP contribution < -0.4 is 0 Å². The van der Waals surface area contributed by atoms with Crippen LogP contribution in [0, 0.1) is 0 Å². The fraction of sp³-hybridized carbons (Fsp3) is 0.571. The Bertz CT molecular complexity index is 224. The molecule has 1 rings (SSSR count). The molecule has 0 radical (unpaired) electrons. The molecule has 0 atom stereocenters. The third-order valence-corrected chi connectivity index (χ3v) is 2.80. The van der Waals surface area contributed by atoms with Gasteiger partial charge in [-0.1, -0.05) is 20.8 Å². The molecule has 0 unspecified atom stereocenters. The minimum Gasteiger partial charge on any atom is -0.185 e. The first kappa shape index (κ1) is 8.21. The van der Waals surface area contributed by atoms with Gasteiger partial charge in [0.2, 0.25) is 0 Å². The zero-order chi connectivity index (χ0) is 7.78. The van der Waals surface area contributed by atoms with E-state index in [1.165, 1.54) is 17.1 Å². The van der Waals surface area contributed by atoms with Crippen LogP contribution in [-0.4, -0.2) is 4.37 Å². The molecule has 1 heterocycles. The number of hydrogen-bond acceptors (Lipinski definition) is 2. The van der Waals surface area contributed by atoms with Gasteiger partial charge in [0, 0.05) is 10.9 Å². The van der Waals surface area contributed by atoms with E-state index in [1.807, 2.05) is 0 Å². The molecule has 0 amide bonds. The maximum absolute atomic E-state index is 4.14. The second-order valence-electron chi connectivity index (χ2n) is 3.27. The third kappa shape index (κ3) is 1.58. The Hall–Kier alpha value is 0.110. The van der Waals surface area contributed by atoms with Crippen molar-refractivity contribution in [3.05, 3.63) is 15.5 Å². The third-order valence-electron chi connectivity index (χ3n) is 1.33. The summed E-state index contributed by atoms with van der Waals surface area (Å²) in [6, 6.07) is 0. The zero-order valence-corrected chi connectivity index (χ0v) is 8.71. The monoisotopic (exact) mass is 219 g/mol. The minimum absolute atomic E-state index is 0.214. The van der Waals surface area contributed by atoms with Crippen molar-refractivity contribution in [1.82, 2.24) is 4.37 Å². The van der Waals surface area contributed by atoms with Crippen LogP contribution >= 0.6 is 27.5 Å². The van der Waals surface area contributed by atoms with Crippen LogP contribution in [0.1, 0.15) is 26.3 Å². The lowest BCUT2D eigenvalue weighted by atomic mass is 9.90. The first-order chi connectivity index (χ1) is 4.52. The van der Waals surface area contributed by atoms with Gasteiger partial charge in [0.15, 0.2) is 0 Å². The molecule has 1 nitrogen and oxygen atoms in total. The van der Waals surface area contributed by atoms with Crippen molar-refractivity contribution in [2.45, 2.75) is 26.2 Å². The molecule has 1 aromatic heterocycles. The molecule has 0 bridgehead atoms. The van der Waals surface area contributed by atoms with E-state index in [-0.39, 0.29) is 5.41 Å². The molecule has 0 N–H and O–H groups in total. The maximum atomic E-state index is 4.14. The number of aromatic nitrogens is 1. The number of rotatable bonds is 0. The second kappa shape index (κ2) is 2.62. The van der Waals surface area contributed by atoms with Gasteiger partial charge < -0.3 is 0 Å². The first-order valence-electron chi connectivity index (χ1n) is 3.12. The van der Waals surface area contributed by atoms with Gasteiger partial charge in [0.25, 0.3) is 0 Å². The average Bonchev–Trinajstić information content (AvgIpc) is 2.11. The molecule has 0 fully saturated rings. The van der Waals surface area contributed by atoms with Gasteiger partial charge >= 0.3 is 0 Å². The lowest BCUT2D eigenvalue weighted by Gasteiger charge is -2.16. The molecule has 56 valence electrons. The Morgan fingerprint density at radius 3 is 2.30 bits per heavy atom. The summed E-state index contributed by atoms with van der Waals surface area (Å²) in [5, 5.41) is 2.09. The fourth-order valence-electron chi connectivity index (χ4n) is 0.709.